The minimum atomic E-state index is 0. The van der Waals surface area contributed by atoms with Crippen LogP contribution < -0.4 is 5.32 Å². The van der Waals surface area contributed by atoms with E-state index >= 15 is 0 Å². The molecule has 2 aliphatic rings. The van der Waals surface area contributed by atoms with Crippen LogP contribution in [0.15, 0.2) is 6.20 Å². The molecule has 0 amide bonds. The van der Waals surface area contributed by atoms with Crippen molar-refractivity contribution in [3.05, 3.63) is 11.9 Å². The third kappa shape index (κ3) is 3.09. The van der Waals surface area contributed by atoms with Crippen molar-refractivity contribution in [3.63, 3.8) is 0 Å². The summed E-state index contributed by atoms with van der Waals surface area (Å²) in [4.78, 5) is 2.52. The molecule has 0 spiro atoms. The van der Waals surface area contributed by atoms with Gasteiger partial charge in [-0.15, -0.1) is 17.5 Å². The van der Waals surface area contributed by atoms with E-state index in [9.17, 15) is 0 Å². The van der Waals surface area contributed by atoms with Crippen LogP contribution in [-0.2, 0) is 12.1 Å². The first-order valence-corrected chi connectivity index (χ1v) is 6.87. The highest BCUT2D eigenvalue weighted by Crippen LogP contribution is 2.27. The first-order chi connectivity index (χ1) is 8.52. The van der Waals surface area contributed by atoms with Crippen LogP contribution in [0, 0.1) is 11.8 Å². The molecular weight excluding hydrogens is 262 g/mol. The van der Waals surface area contributed by atoms with Crippen LogP contribution in [-0.4, -0.2) is 46.1 Å². The fourth-order valence-corrected chi connectivity index (χ4v) is 3.01. The Kier molecular flexibility index (Phi) is 4.18. The molecule has 0 radical (unpaired) electrons. The molecule has 0 aromatic carbocycles. The van der Waals surface area contributed by atoms with Gasteiger partial charge in [0.25, 0.3) is 0 Å². The first-order valence-electron chi connectivity index (χ1n) is 6.87. The Balaban J connectivity index is 0.00000133. The number of aromatic nitrogens is 3. The van der Waals surface area contributed by atoms with Crippen molar-refractivity contribution in [2.45, 2.75) is 32.9 Å². The van der Waals surface area contributed by atoms with Crippen LogP contribution in [0.3, 0.4) is 0 Å². The van der Waals surface area contributed by atoms with Gasteiger partial charge in [0.15, 0.2) is 0 Å². The average molecular weight is 286 g/mol. The van der Waals surface area contributed by atoms with Gasteiger partial charge in [0.2, 0.25) is 0 Å². The van der Waals surface area contributed by atoms with E-state index in [-0.39, 0.29) is 17.9 Å². The molecule has 3 heterocycles. The molecule has 1 aromatic rings. The third-order valence-electron chi connectivity index (χ3n) is 4.08. The van der Waals surface area contributed by atoms with E-state index in [1.807, 2.05) is 4.68 Å². The molecule has 5 nitrogen and oxygen atoms in total. The lowest BCUT2D eigenvalue weighted by atomic mass is 10.0. The third-order valence-corrected chi connectivity index (χ3v) is 4.08. The Labute approximate surface area is 121 Å². The van der Waals surface area contributed by atoms with E-state index in [1.54, 1.807) is 0 Å². The smallest absolute Gasteiger partial charge is 0.0967 e. The fraction of sp³-hybridized carbons (Fsp3) is 0.846. The molecular formula is C13H24ClN5. The van der Waals surface area contributed by atoms with E-state index in [0.29, 0.717) is 0 Å². The summed E-state index contributed by atoms with van der Waals surface area (Å²) < 4.78 is 1.96. The Morgan fingerprint density at radius 1 is 1.26 bits per heavy atom. The molecule has 2 fully saturated rings. The van der Waals surface area contributed by atoms with E-state index in [0.717, 1.165) is 24.1 Å². The van der Waals surface area contributed by atoms with Crippen LogP contribution in [0.2, 0.25) is 0 Å². The number of rotatable bonds is 2. The summed E-state index contributed by atoms with van der Waals surface area (Å²) in [5, 5.41) is 12.0. The predicted octanol–water partition coefficient (Wildman–Crippen LogP) is 1.11. The van der Waals surface area contributed by atoms with Gasteiger partial charge >= 0.3 is 0 Å². The van der Waals surface area contributed by atoms with Gasteiger partial charge < -0.3 is 5.32 Å². The molecule has 0 aliphatic carbocycles. The van der Waals surface area contributed by atoms with Gasteiger partial charge in [-0.3, -0.25) is 4.90 Å². The Bertz CT molecular complexity index is 413. The molecule has 19 heavy (non-hydrogen) atoms. The van der Waals surface area contributed by atoms with Gasteiger partial charge in [-0.1, -0.05) is 5.21 Å². The summed E-state index contributed by atoms with van der Waals surface area (Å²) in [6.45, 7) is 12.2. The molecule has 6 heteroatoms. The summed E-state index contributed by atoms with van der Waals surface area (Å²) in [5.74, 6) is 1.70. The highest BCUT2D eigenvalue weighted by atomic mass is 35.5. The maximum Gasteiger partial charge on any atom is 0.0967 e. The summed E-state index contributed by atoms with van der Waals surface area (Å²) in [7, 11) is 0. The number of nitrogens with zero attached hydrogens (tertiary/aromatic N) is 4. The molecule has 0 unspecified atom stereocenters. The lowest BCUT2D eigenvalue weighted by Gasteiger charge is -2.18. The number of halogens is 1. The van der Waals surface area contributed by atoms with Crippen molar-refractivity contribution in [3.8, 4) is 0 Å². The molecule has 2 aliphatic heterocycles. The number of fused-ring (bicyclic) bond motifs is 1. The minimum absolute atomic E-state index is 0. The zero-order valence-corrected chi connectivity index (χ0v) is 12.8. The monoisotopic (exact) mass is 285 g/mol. The predicted molar refractivity (Wildman–Crippen MR) is 77.4 cm³/mol. The second kappa shape index (κ2) is 5.38. The van der Waals surface area contributed by atoms with Crippen molar-refractivity contribution >= 4 is 12.4 Å². The number of likely N-dealkylation sites (tertiary alicyclic amines) is 1. The molecule has 2 atom stereocenters. The maximum atomic E-state index is 4.30. The second-order valence-corrected chi connectivity index (χ2v) is 6.70. The van der Waals surface area contributed by atoms with Gasteiger partial charge in [0.05, 0.1) is 17.4 Å². The quantitative estimate of drug-likeness (QED) is 0.884. The summed E-state index contributed by atoms with van der Waals surface area (Å²) in [6, 6.07) is 0. The van der Waals surface area contributed by atoms with Crippen LogP contribution in [0.1, 0.15) is 26.5 Å². The lowest BCUT2D eigenvalue weighted by Crippen LogP contribution is -2.25. The molecule has 3 rings (SSSR count). The number of hydrogen-bond donors (Lipinski definition) is 1. The van der Waals surface area contributed by atoms with Crippen LogP contribution in [0.25, 0.3) is 0 Å². The minimum Gasteiger partial charge on any atom is -0.316 e. The van der Waals surface area contributed by atoms with Gasteiger partial charge in [-0.05, 0) is 45.7 Å². The zero-order valence-electron chi connectivity index (χ0n) is 12.0. The van der Waals surface area contributed by atoms with E-state index in [1.165, 1.54) is 26.2 Å². The molecule has 1 N–H and O–H groups in total. The van der Waals surface area contributed by atoms with Crippen LogP contribution in [0.5, 0.6) is 0 Å². The van der Waals surface area contributed by atoms with Gasteiger partial charge in [0, 0.05) is 19.6 Å². The maximum absolute atomic E-state index is 4.30. The van der Waals surface area contributed by atoms with Gasteiger partial charge in [-0.2, -0.15) is 0 Å². The average Bonchev–Trinajstić information content (AvgIpc) is 2.90. The van der Waals surface area contributed by atoms with Crippen molar-refractivity contribution in [2.24, 2.45) is 11.8 Å². The summed E-state index contributed by atoms with van der Waals surface area (Å²) in [6.07, 6.45) is 2.09. The molecule has 2 saturated heterocycles. The highest BCUT2D eigenvalue weighted by molar-refractivity contribution is 5.85. The molecule has 0 saturated carbocycles. The topological polar surface area (TPSA) is 46.0 Å². The number of nitrogens with one attached hydrogen (secondary N) is 1. The van der Waals surface area contributed by atoms with Crippen molar-refractivity contribution in [2.75, 3.05) is 26.2 Å². The SMILES string of the molecule is CC(C)(C)n1cc(CN2C[C@H]3CNC[C@H]3C2)nn1.Cl. The lowest BCUT2D eigenvalue weighted by molar-refractivity contribution is 0.302. The van der Waals surface area contributed by atoms with Gasteiger partial charge in [0.1, 0.15) is 0 Å². The Morgan fingerprint density at radius 2 is 1.89 bits per heavy atom. The zero-order chi connectivity index (χ0) is 12.8. The largest absolute Gasteiger partial charge is 0.316 e. The summed E-state index contributed by atoms with van der Waals surface area (Å²) >= 11 is 0. The van der Waals surface area contributed by atoms with E-state index < -0.39 is 0 Å². The molecule has 1 aromatic heterocycles. The van der Waals surface area contributed by atoms with E-state index in [4.69, 9.17) is 0 Å². The van der Waals surface area contributed by atoms with Crippen LogP contribution >= 0.6 is 12.4 Å². The highest BCUT2D eigenvalue weighted by Gasteiger charge is 2.36. The van der Waals surface area contributed by atoms with E-state index in [2.05, 4.69) is 47.5 Å². The van der Waals surface area contributed by atoms with Gasteiger partial charge in [-0.25, -0.2) is 4.68 Å². The molecule has 0 bridgehead atoms. The van der Waals surface area contributed by atoms with Crippen molar-refractivity contribution in [1.82, 2.24) is 25.2 Å². The van der Waals surface area contributed by atoms with Crippen molar-refractivity contribution < 1.29 is 0 Å². The second-order valence-electron chi connectivity index (χ2n) is 6.70. The molecule has 108 valence electrons. The Morgan fingerprint density at radius 3 is 2.42 bits per heavy atom. The standard InChI is InChI=1S/C13H23N5.ClH/c1-13(2,3)18-9-12(15-16-18)8-17-6-10-4-14-5-11(10)7-17;/h9-11,14H,4-8H2,1-3H3;1H/t10-,11+;. The normalized spacial score (nSPS) is 27.3. The Hall–Kier alpha value is -0.650. The summed E-state index contributed by atoms with van der Waals surface area (Å²) in [5.41, 5.74) is 1.12. The van der Waals surface area contributed by atoms with Crippen molar-refractivity contribution in [1.29, 1.82) is 0 Å². The number of hydrogen-bond acceptors (Lipinski definition) is 4. The first kappa shape index (κ1) is 14.8. The fourth-order valence-electron chi connectivity index (χ4n) is 3.01. The van der Waals surface area contributed by atoms with Crippen LogP contribution in [0.4, 0.5) is 0 Å².